The van der Waals surface area contributed by atoms with Crippen LogP contribution in [0.5, 0.6) is 0 Å². The molecule has 0 aliphatic rings. The molecular weight excluding hydrogens is 333 g/mol. The van der Waals surface area contributed by atoms with E-state index in [0.29, 0.717) is 18.2 Å². The average molecular weight is 342 g/mol. The molecule has 0 heterocycles. The number of sulfone groups is 1. The maximum absolute atomic E-state index is 12.5. The molecule has 6 nitrogen and oxygen atoms in total. The molecule has 1 aromatic carbocycles. The summed E-state index contributed by atoms with van der Waals surface area (Å²) >= 11 is 0. The molecule has 0 spiro atoms. The zero-order valence-corrected chi connectivity index (χ0v) is 11.9. The van der Waals surface area contributed by atoms with Crippen LogP contribution < -0.4 is 5.14 Å². The summed E-state index contributed by atoms with van der Waals surface area (Å²) in [4.78, 5) is -0.665. The Bertz CT molecular complexity index is 793. The van der Waals surface area contributed by atoms with Crippen LogP contribution in [0, 0.1) is 11.3 Å². The lowest BCUT2D eigenvalue weighted by molar-refractivity contribution is -0.137. The zero-order chi connectivity index (χ0) is 16.5. The lowest BCUT2D eigenvalue weighted by atomic mass is 10.1. The fourth-order valence-electron chi connectivity index (χ4n) is 1.40. The van der Waals surface area contributed by atoms with Gasteiger partial charge in [-0.15, -0.1) is 0 Å². The van der Waals surface area contributed by atoms with Crippen LogP contribution in [0.4, 0.5) is 13.2 Å². The number of benzene rings is 1. The summed E-state index contributed by atoms with van der Waals surface area (Å²) in [6.45, 7) is 0. The van der Waals surface area contributed by atoms with E-state index in [4.69, 9.17) is 5.26 Å². The van der Waals surface area contributed by atoms with Gasteiger partial charge in [0, 0.05) is 0 Å². The molecule has 21 heavy (non-hydrogen) atoms. The van der Waals surface area contributed by atoms with Crippen molar-refractivity contribution in [3.8, 4) is 6.07 Å². The van der Waals surface area contributed by atoms with E-state index in [2.05, 4.69) is 5.14 Å². The summed E-state index contributed by atoms with van der Waals surface area (Å²) in [5.74, 6) is -1.83. The Balaban J connectivity index is 3.29. The van der Waals surface area contributed by atoms with Gasteiger partial charge in [-0.1, -0.05) is 0 Å². The van der Waals surface area contributed by atoms with Crippen molar-refractivity contribution in [2.75, 3.05) is 11.5 Å². The van der Waals surface area contributed by atoms with E-state index in [1.165, 1.54) is 6.07 Å². The minimum atomic E-state index is -4.73. The van der Waals surface area contributed by atoms with Gasteiger partial charge in [-0.05, 0) is 18.2 Å². The lowest BCUT2D eigenvalue weighted by Gasteiger charge is -2.10. The van der Waals surface area contributed by atoms with E-state index in [1.54, 1.807) is 0 Å². The molecule has 116 valence electrons. The Hall–Kier alpha value is -1.64. The van der Waals surface area contributed by atoms with Gasteiger partial charge in [0.1, 0.15) is 6.07 Å². The van der Waals surface area contributed by atoms with Gasteiger partial charge in [-0.2, -0.15) is 18.4 Å². The number of primary sulfonamides is 1. The normalized spacial score (nSPS) is 12.9. The molecule has 0 aromatic heterocycles. The van der Waals surface area contributed by atoms with Gasteiger partial charge < -0.3 is 0 Å². The third-order valence-electron chi connectivity index (χ3n) is 2.40. The van der Waals surface area contributed by atoms with E-state index in [1.807, 2.05) is 0 Å². The second-order valence-corrected chi connectivity index (χ2v) is 7.82. The number of nitrogens with two attached hydrogens (primary N) is 1. The van der Waals surface area contributed by atoms with Crippen LogP contribution in [0.15, 0.2) is 23.1 Å². The molecule has 1 aromatic rings. The first-order valence-corrected chi connectivity index (χ1v) is 8.58. The second kappa shape index (κ2) is 5.63. The molecule has 0 fully saturated rings. The minimum Gasteiger partial charge on any atom is -0.229 e. The van der Waals surface area contributed by atoms with Crippen LogP contribution in [-0.4, -0.2) is 28.3 Å². The highest BCUT2D eigenvalue weighted by Gasteiger charge is 2.32. The lowest BCUT2D eigenvalue weighted by Crippen LogP contribution is -2.23. The zero-order valence-electron chi connectivity index (χ0n) is 10.3. The van der Waals surface area contributed by atoms with Crippen LogP contribution in [0.25, 0.3) is 0 Å². The fourth-order valence-corrected chi connectivity index (χ4v) is 4.14. The van der Waals surface area contributed by atoms with Crippen molar-refractivity contribution in [1.29, 1.82) is 5.26 Å². The van der Waals surface area contributed by atoms with Crippen molar-refractivity contribution in [3.05, 3.63) is 29.3 Å². The Labute approximate surface area is 119 Å². The summed E-state index contributed by atoms with van der Waals surface area (Å²) in [5, 5.41) is 13.4. The first-order chi connectivity index (χ1) is 9.37. The van der Waals surface area contributed by atoms with E-state index < -0.39 is 53.6 Å². The van der Waals surface area contributed by atoms with Crippen molar-refractivity contribution in [2.24, 2.45) is 5.14 Å². The van der Waals surface area contributed by atoms with Gasteiger partial charge in [-0.25, -0.2) is 22.0 Å². The SMILES string of the molecule is N#Cc1cc(C(F)(F)F)ccc1S(=O)(=O)CCS(N)(=O)=O. The molecular formula is C10H9F3N2O4S2. The summed E-state index contributed by atoms with van der Waals surface area (Å²) in [7, 11) is -8.31. The molecule has 0 atom stereocenters. The highest BCUT2D eigenvalue weighted by Crippen LogP contribution is 2.31. The van der Waals surface area contributed by atoms with Crippen molar-refractivity contribution in [2.45, 2.75) is 11.1 Å². The number of hydrogen-bond acceptors (Lipinski definition) is 5. The summed E-state index contributed by atoms with van der Waals surface area (Å²) in [6, 6.07) is 2.87. The summed E-state index contributed by atoms with van der Waals surface area (Å²) in [5.41, 5.74) is -1.89. The molecule has 0 aliphatic heterocycles. The number of rotatable bonds is 4. The molecule has 0 unspecified atom stereocenters. The Kier molecular flexibility index (Phi) is 4.66. The standard InChI is InChI=1S/C10H9F3N2O4S2/c11-10(12,13)8-1-2-9(7(5-8)6-14)20(16,17)3-4-21(15,18)19/h1-2,5H,3-4H2,(H2,15,18,19). The van der Waals surface area contributed by atoms with Crippen molar-refractivity contribution >= 4 is 19.9 Å². The topological polar surface area (TPSA) is 118 Å². The molecule has 0 saturated heterocycles. The van der Waals surface area contributed by atoms with Crippen molar-refractivity contribution in [3.63, 3.8) is 0 Å². The van der Waals surface area contributed by atoms with Crippen molar-refractivity contribution < 1.29 is 30.0 Å². The summed E-state index contributed by atoms with van der Waals surface area (Å²) in [6.07, 6.45) is -4.73. The number of nitrogens with zero attached hydrogens (tertiary/aromatic N) is 1. The van der Waals surface area contributed by atoms with Gasteiger partial charge in [0.05, 0.1) is 27.5 Å². The maximum Gasteiger partial charge on any atom is 0.416 e. The minimum absolute atomic E-state index is 0.393. The Morgan fingerprint density at radius 2 is 1.71 bits per heavy atom. The smallest absolute Gasteiger partial charge is 0.229 e. The van der Waals surface area contributed by atoms with Gasteiger partial charge in [0.25, 0.3) is 0 Å². The number of halogens is 3. The molecule has 0 amide bonds. The first-order valence-electron chi connectivity index (χ1n) is 5.21. The predicted molar refractivity (Wildman–Crippen MR) is 66.2 cm³/mol. The maximum atomic E-state index is 12.5. The third-order valence-corrected chi connectivity index (χ3v) is 5.20. The molecule has 1 rings (SSSR count). The average Bonchev–Trinajstić information content (AvgIpc) is 2.34. The highest BCUT2D eigenvalue weighted by molar-refractivity contribution is 7.94. The number of nitriles is 1. The van der Waals surface area contributed by atoms with Crippen LogP contribution in [0.3, 0.4) is 0 Å². The predicted octanol–water partition coefficient (Wildman–Crippen LogP) is 0.639. The largest absolute Gasteiger partial charge is 0.416 e. The van der Waals surface area contributed by atoms with E-state index in [9.17, 15) is 30.0 Å². The third kappa shape index (κ3) is 4.69. The molecule has 0 radical (unpaired) electrons. The van der Waals surface area contributed by atoms with Crippen LogP contribution in [0.2, 0.25) is 0 Å². The number of alkyl halides is 3. The van der Waals surface area contributed by atoms with E-state index in [-0.39, 0.29) is 0 Å². The summed E-state index contributed by atoms with van der Waals surface area (Å²) < 4.78 is 82.7. The van der Waals surface area contributed by atoms with Crippen LogP contribution >= 0.6 is 0 Å². The molecule has 0 saturated carbocycles. The first kappa shape index (κ1) is 17.4. The monoisotopic (exact) mass is 342 g/mol. The van der Waals surface area contributed by atoms with Gasteiger partial charge in [-0.3, -0.25) is 0 Å². The fraction of sp³-hybridized carbons (Fsp3) is 0.300. The van der Waals surface area contributed by atoms with Crippen LogP contribution in [0.1, 0.15) is 11.1 Å². The van der Waals surface area contributed by atoms with Gasteiger partial charge in [0.15, 0.2) is 9.84 Å². The highest BCUT2D eigenvalue weighted by atomic mass is 32.2. The van der Waals surface area contributed by atoms with E-state index in [0.717, 1.165) is 0 Å². The molecule has 11 heteroatoms. The number of sulfonamides is 1. The van der Waals surface area contributed by atoms with Gasteiger partial charge in [0.2, 0.25) is 10.0 Å². The van der Waals surface area contributed by atoms with Crippen LogP contribution in [-0.2, 0) is 26.0 Å². The second-order valence-electron chi connectivity index (χ2n) is 4.01. The Morgan fingerprint density at radius 1 is 1.14 bits per heavy atom. The van der Waals surface area contributed by atoms with Crippen molar-refractivity contribution in [1.82, 2.24) is 0 Å². The molecule has 2 N–H and O–H groups in total. The quantitative estimate of drug-likeness (QED) is 0.861. The molecule has 0 bridgehead atoms. The van der Waals surface area contributed by atoms with Gasteiger partial charge >= 0.3 is 6.18 Å². The van der Waals surface area contributed by atoms with E-state index >= 15 is 0 Å². The Morgan fingerprint density at radius 3 is 2.14 bits per heavy atom. The molecule has 0 aliphatic carbocycles. The number of hydrogen-bond donors (Lipinski definition) is 1.